The first-order valence-corrected chi connectivity index (χ1v) is 5.01. The van der Waals surface area contributed by atoms with E-state index in [0.717, 1.165) is 0 Å². The van der Waals surface area contributed by atoms with Crippen molar-refractivity contribution in [1.29, 1.82) is 0 Å². The van der Waals surface area contributed by atoms with Crippen LogP contribution in [0.2, 0.25) is 0 Å². The van der Waals surface area contributed by atoms with Gasteiger partial charge in [0.2, 0.25) is 11.8 Å². The van der Waals surface area contributed by atoms with Crippen molar-refractivity contribution in [2.24, 2.45) is 11.5 Å². The molecule has 0 spiro atoms. The van der Waals surface area contributed by atoms with Gasteiger partial charge in [-0.05, 0) is 30.7 Å². The van der Waals surface area contributed by atoms with Crippen molar-refractivity contribution in [3.05, 3.63) is 29.6 Å². The van der Waals surface area contributed by atoms with Crippen molar-refractivity contribution in [3.8, 4) is 0 Å². The molecule has 0 saturated heterocycles. The summed E-state index contributed by atoms with van der Waals surface area (Å²) >= 11 is 0. The van der Waals surface area contributed by atoms with Gasteiger partial charge in [-0.1, -0.05) is 0 Å². The van der Waals surface area contributed by atoms with Crippen LogP contribution in [0.1, 0.15) is 12.0 Å². The number of hydrogen-bond acceptors (Lipinski definition) is 3. The number of primary amides is 1. The number of halogens is 2. The lowest BCUT2D eigenvalue weighted by Crippen LogP contribution is -2.39. The summed E-state index contributed by atoms with van der Waals surface area (Å²) < 4.78 is 13.0. The van der Waals surface area contributed by atoms with Gasteiger partial charge in [0.05, 0.1) is 12.5 Å². The average molecular weight is 276 g/mol. The van der Waals surface area contributed by atoms with Crippen molar-refractivity contribution in [2.75, 3.05) is 5.32 Å². The third-order valence-electron chi connectivity index (χ3n) is 2.18. The van der Waals surface area contributed by atoms with Gasteiger partial charge in [-0.2, -0.15) is 0 Å². The Labute approximate surface area is 110 Å². The maximum absolute atomic E-state index is 13.0. The smallest absolute Gasteiger partial charge is 0.241 e. The first-order valence-electron chi connectivity index (χ1n) is 5.01. The number of amides is 2. The normalized spacial score (nSPS) is 11.3. The minimum atomic E-state index is -1.00. The van der Waals surface area contributed by atoms with Crippen LogP contribution in [0.3, 0.4) is 0 Å². The lowest BCUT2D eigenvalue weighted by molar-refractivity contribution is -0.123. The van der Waals surface area contributed by atoms with Crippen molar-refractivity contribution in [2.45, 2.75) is 19.4 Å². The zero-order valence-electron chi connectivity index (χ0n) is 9.77. The van der Waals surface area contributed by atoms with Crippen LogP contribution < -0.4 is 16.8 Å². The Kier molecular flexibility index (Phi) is 6.29. The van der Waals surface area contributed by atoms with Crippen LogP contribution >= 0.6 is 12.4 Å². The highest BCUT2D eigenvalue weighted by Gasteiger charge is 2.16. The Morgan fingerprint density at radius 2 is 2.06 bits per heavy atom. The fraction of sp³-hybridized carbons (Fsp3) is 0.273. The number of carbonyl (C=O) groups is 2. The molecule has 0 aliphatic heterocycles. The van der Waals surface area contributed by atoms with E-state index in [1.807, 2.05) is 0 Å². The molecule has 0 bridgehead atoms. The molecule has 1 rings (SSSR count). The summed E-state index contributed by atoms with van der Waals surface area (Å²) in [6.07, 6.45) is -0.230. The molecule has 0 aliphatic rings. The number of anilines is 1. The number of benzene rings is 1. The zero-order chi connectivity index (χ0) is 13.0. The molecule has 7 heteroatoms. The van der Waals surface area contributed by atoms with Gasteiger partial charge < -0.3 is 16.8 Å². The standard InChI is InChI=1S/C11H14FN3O2.ClH/c1-6-4-7(2-3-8(6)12)15-11(17)9(13)5-10(14)16;/h2-4,9H,5,13H2,1H3,(H2,14,16)(H,15,17);1H. The fourth-order valence-corrected chi connectivity index (χ4v) is 1.27. The van der Waals surface area contributed by atoms with E-state index in [4.69, 9.17) is 11.5 Å². The molecular weight excluding hydrogens is 261 g/mol. The molecule has 100 valence electrons. The molecule has 1 unspecified atom stereocenters. The van der Waals surface area contributed by atoms with E-state index in [0.29, 0.717) is 11.3 Å². The molecular formula is C11H15ClFN3O2. The predicted octanol–water partition coefficient (Wildman–Crippen LogP) is 0.697. The summed E-state index contributed by atoms with van der Waals surface area (Å²) in [5.41, 5.74) is 11.2. The maximum Gasteiger partial charge on any atom is 0.241 e. The Morgan fingerprint density at radius 1 is 1.44 bits per heavy atom. The number of aryl methyl sites for hydroxylation is 1. The number of rotatable bonds is 4. The highest BCUT2D eigenvalue weighted by atomic mass is 35.5. The van der Waals surface area contributed by atoms with Crippen molar-refractivity contribution < 1.29 is 14.0 Å². The Morgan fingerprint density at radius 3 is 2.56 bits per heavy atom. The second-order valence-electron chi connectivity index (χ2n) is 3.73. The molecule has 5 nitrogen and oxygen atoms in total. The van der Waals surface area contributed by atoms with Crippen LogP contribution in [0, 0.1) is 12.7 Å². The van der Waals surface area contributed by atoms with Crippen LogP contribution in [-0.4, -0.2) is 17.9 Å². The van der Waals surface area contributed by atoms with E-state index >= 15 is 0 Å². The Bertz CT molecular complexity index is 454. The van der Waals surface area contributed by atoms with Gasteiger partial charge >= 0.3 is 0 Å². The molecule has 0 aromatic heterocycles. The maximum atomic E-state index is 13.0. The summed E-state index contributed by atoms with van der Waals surface area (Å²) in [5, 5.41) is 2.48. The van der Waals surface area contributed by atoms with Crippen LogP contribution in [0.25, 0.3) is 0 Å². The third-order valence-corrected chi connectivity index (χ3v) is 2.18. The van der Waals surface area contributed by atoms with Gasteiger partial charge in [-0.25, -0.2) is 4.39 Å². The molecule has 1 atom stereocenters. The third kappa shape index (κ3) is 4.68. The molecule has 0 radical (unpaired) electrons. The first-order chi connectivity index (χ1) is 7.90. The topological polar surface area (TPSA) is 98.2 Å². The molecule has 18 heavy (non-hydrogen) atoms. The predicted molar refractivity (Wildman–Crippen MR) is 68.8 cm³/mol. The van der Waals surface area contributed by atoms with E-state index in [1.54, 1.807) is 6.92 Å². The van der Waals surface area contributed by atoms with Gasteiger partial charge in [-0.3, -0.25) is 9.59 Å². The molecule has 1 aromatic carbocycles. The number of hydrogen-bond donors (Lipinski definition) is 3. The quantitative estimate of drug-likeness (QED) is 0.754. The van der Waals surface area contributed by atoms with Crippen LogP contribution in [-0.2, 0) is 9.59 Å². The summed E-state index contributed by atoms with van der Waals surface area (Å²) in [7, 11) is 0. The van der Waals surface area contributed by atoms with Crippen molar-refractivity contribution >= 4 is 29.9 Å². The molecule has 0 aliphatic carbocycles. The van der Waals surface area contributed by atoms with E-state index in [1.165, 1.54) is 18.2 Å². The molecule has 0 fully saturated rings. The van der Waals surface area contributed by atoms with Crippen LogP contribution in [0.15, 0.2) is 18.2 Å². The van der Waals surface area contributed by atoms with Gasteiger partial charge in [0.15, 0.2) is 0 Å². The minimum Gasteiger partial charge on any atom is -0.370 e. The summed E-state index contributed by atoms with van der Waals surface area (Å²) in [6.45, 7) is 1.58. The van der Waals surface area contributed by atoms with E-state index in [2.05, 4.69) is 5.32 Å². The van der Waals surface area contributed by atoms with Crippen molar-refractivity contribution in [3.63, 3.8) is 0 Å². The van der Waals surface area contributed by atoms with Crippen LogP contribution in [0.5, 0.6) is 0 Å². The number of nitrogens with two attached hydrogens (primary N) is 2. The van der Waals surface area contributed by atoms with Gasteiger partial charge in [0, 0.05) is 5.69 Å². The summed E-state index contributed by atoms with van der Waals surface area (Å²) in [5.74, 6) is -1.54. The van der Waals surface area contributed by atoms with Gasteiger partial charge in [0.1, 0.15) is 5.82 Å². The Balaban J connectivity index is 0.00000289. The molecule has 1 aromatic rings. The summed E-state index contributed by atoms with van der Waals surface area (Å²) in [4.78, 5) is 22.1. The van der Waals surface area contributed by atoms with E-state index in [9.17, 15) is 14.0 Å². The van der Waals surface area contributed by atoms with E-state index < -0.39 is 17.9 Å². The molecule has 5 N–H and O–H groups in total. The van der Waals surface area contributed by atoms with Gasteiger partial charge in [-0.15, -0.1) is 12.4 Å². The number of nitrogens with one attached hydrogen (secondary N) is 1. The first kappa shape index (κ1) is 16.3. The average Bonchev–Trinajstić information content (AvgIpc) is 2.22. The lowest BCUT2D eigenvalue weighted by Gasteiger charge is -2.11. The minimum absolute atomic E-state index is 0. The van der Waals surface area contributed by atoms with Crippen molar-refractivity contribution in [1.82, 2.24) is 0 Å². The summed E-state index contributed by atoms with van der Waals surface area (Å²) in [6, 6.07) is 3.13. The second kappa shape index (κ2) is 6.93. The lowest BCUT2D eigenvalue weighted by atomic mass is 10.1. The largest absolute Gasteiger partial charge is 0.370 e. The molecule has 0 saturated carbocycles. The highest BCUT2D eigenvalue weighted by Crippen LogP contribution is 2.13. The van der Waals surface area contributed by atoms with E-state index in [-0.39, 0.29) is 24.6 Å². The van der Waals surface area contributed by atoms with Crippen LogP contribution in [0.4, 0.5) is 10.1 Å². The highest BCUT2D eigenvalue weighted by molar-refractivity contribution is 5.97. The number of carbonyl (C=O) groups excluding carboxylic acids is 2. The SMILES string of the molecule is Cc1cc(NC(=O)C(N)CC(N)=O)ccc1F.Cl. The molecule has 2 amide bonds. The monoisotopic (exact) mass is 275 g/mol. The fourth-order valence-electron chi connectivity index (χ4n) is 1.27. The Hall–Kier alpha value is -1.66. The second-order valence-corrected chi connectivity index (χ2v) is 3.73. The molecule has 0 heterocycles. The zero-order valence-corrected chi connectivity index (χ0v) is 10.6. The van der Waals surface area contributed by atoms with Gasteiger partial charge in [0.25, 0.3) is 0 Å².